The average molecular weight is 472 g/mol. The largest absolute Gasteiger partial charge is 0.339 e. The predicted molar refractivity (Wildman–Crippen MR) is 118 cm³/mol. The quantitative estimate of drug-likeness (QED) is 0.584. The van der Waals surface area contributed by atoms with Crippen LogP contribution in [0.3, 0.4) is 0 Å². The van der Waals surface area contributed by atoms with Crippen LogP contribution in [0.2, 0.25) is 0 Å². The van der Waals surface area contributed by atoms with Crippen molar-refractivity contribution in [2.75, 3.05) is 18.4 Å². The molecule has 0 spiro atoms. The minimum atomic E-state index is -3.76. The number of nitrogens with zero attached hydrogens (tertiary/aromatic N) is 4. The van der Waals surface area contributed by atoms with E-state index in [9.17, 15) is 13.2 Å². The Morgan fingerprint density at radius 2 is 2.25 bits per heavy atom. The Hall–Kier alpha value is -3.07. The molecule has 2 aromatic heterocycles. The highest BCUT2D eigenvalue weighted by molar-refractivity contribution is 7.91. The number of rotatable bonds is 6. The smallest absolute Gasteiger partial charge is 0.252 e. The summed E-state index contributed by atoms with van der Waals surface area (Å²) in [6, 6.07) is 10.2. The third-order valence-corrected chi connectivity index (χ3v) is 8.49. The van der Waals surface area contributed by atoms with E-state index in [1.54, 1.807) is 35.7 Å². The van der Waals surface area contributed by atoms with Crippen LogP contribution in [0, 0.1) is 17.2 Å². The van der Waals surface area contributed by atoms with Gasteiger partial charge in [-0.2, -0.15) is 14.6 Å². The maximum absolute atomic E-state index is 13.2. The monoisotopic (exact) mass is 471 g/mol. The van der Waals surface area contributed by atoms with Crippen molar-refractivity contribution in [3.63, 3.8) is 0 Å². The molecule has 9 nitrogen and oxygen atoms in total. The Kier molecular flexibility index (Phi) is 6.36. The van der Waals surface area contributed by atoms with Gasteiger partial charge in [0.15, 0.2) is 0 Å². The molecule has 3 aromatic rings. The average Bonchev–Trinajstić information content (AvgIpc) is 3.49. The number of carbonyl (C=O) groups is 1. The fourth-order valence-electron chi connectivity index (χ4n) is 3.50. The van der Waals surface area contributed by atoms with Gasteiger partial charge in [0.05, 0.1) is 17.6 Å². The van der Waals surface area contributed by atoms with Crippen molar-refractivity contribution in [1.82, 2.24) is 14.4 Å². The number of hydrogen-bond acceptors (Lipinski definition) is 8. The summed E-state index contributed by atoms with van der Waals surface area (Å²) in [7, 11) is -3.76. The van der Waals surface area contributed by atoms with Crippen molar-refractivity contribution < 1.29 is 17.7 Å². The molecule has 1 N–H and O–H groups in total. The van der Waals surface area contributed by atoms with Gasteiger partial charge in [-0.15, -0.1) is 11.3 Å². The molecular weight excluding hydrogens is 450 g/mol. The number of anilines is 1. The lowest BCUT2D eigenvalue weighted by molar-refractivity contribution is -0.120. The second-order valence-electron chi connectivity index (χ2n) is 7.40. The topological polar surface area (TPSA) is 129 Å². The summed E-state index contributed by atoms with van der Waals surface area (Å²) >= 11 is 1.10. The van der Waals surface area contributed by atoms with Gasteiger partial charge in [0, 0.05) is 36.1 Å². The van der Waals surface area contributed by atoms with Crippen molar-refractivity contribution in [1.29, 1.82) is 5.26 Å². The molecule has 3 heterocycles. The molecule has 11 heteroatoms. The van der Waals surface area contributed by atoms with Gasteiger partial charge in [-0.1, -0.05) is 18.1 Å². The number of nitrogens with one attached hydrogen (secondary N) is 1. The highest BCUT2D eigenvalue weighted by Gasteiger charge is 2.34. The number of piperidine rings is 1. The SMILES string of the molecule is CCc1nc(-c2csc(S(=O)(=O)N3CCC[C@@H](C(=O)Nc4cccc(C#N)c4)C3)c2)no1. The number of aryl methyl sites for hydroxylation is 1. The van der Waals surface area contributed by atoms with Gasteiger partial charge in [0.2, 0.25) is 17.6 Å². The molecule has 0 radical (unpaired) electrons. The maximum atomic E-state index is 13.2. The number of aromatic nitrogens is 2. The van der Waals surface area contributed by atoms with Crippen molar-refractivity contribution in [3.05, 3.63) is 47.2 Å². The Morgan fingerprint density at radius 3 is 3.00 bits per heavy atom. The molecule has 1 fully saturated rings. The zero-order valence-corrected chi connectivity index (χ0v) is 18.9. The lowest BCUT2D eigenvalue weighted by atomic mass is 9.98. The zero-order chi connectivity index (χ0) is 22.7. The first kappa shape index (κ1) is 22.1. The third-order valence-electron chi connectivity index (χ3n) is 5.21. The molecular formula is C21H21N5O4S2. The van der Waals surface area contributed by atoms with Crippen molar-refractivity contribution in [2.45, 2.75) is 30.4 Å². The fraction of sp³-hybridized carbons (Fsp3) is 0.333. The molecule has 166 valence electrons. The van der Waals surface area contributed by atoms with Crippen LogP contribution in [0.4, 0.5) is 5.69 Å². The molecule has 1 aromatic carbocycles. The molecule has 1 amide bonds. The standard InChI is InChI=1S/C21H21N5O4S2/c1-2-18-24-20(25-30-18)16-10-19(31-13-16)32(28,29)26-8-4-6-15(12-26)21(27)23-17-7-3-5-14(9-17)11-22/h3,5,7,9-10,13,15H,2,4,6,8,12H2,1H3,(H,23,27)/t15-/m1/s1. The lowest BCUT2D eigenvalue weighted by Gasteiger charge is -2.30. The van der Waals surface area contributed by atoms with E-state index >= 15 is 0 Å². The van der Waals surface area contributed by atoms with E-state index in [0.29, 0.717) is 54.3 Å². The summed E-state index contributed by atoms with van der Waals surface area (Å²) in [4.78, 5) is 17.0. The fourth-order valence-corrected chi connectivity index (χ4v) is 6.33. The molecule has 32 heavy (non-hydrogen) atoms. The minimum Gasteiger partial charge on any atom is -0.339 e. The van der Waals surface area contributed by atoms with E-state index in [1.807, 2.05) is 13.0 Å². The first-order valence-electron chi connectivity index (χ1n) is 10.1. The van der Waals surface area contributed by atoms with Gasteiger partial charge in [-0.05, 0) is 37.1 Å². The predicted octanol–water partition coefficient (Wildman–Crippen LogP) is 3.27. The zero-order valence-electron chi connectivity index (χ0n) is 17.3. The second-order valence-corrected chi connectivity index (χ2v) is 10.5. The number of sulfonamides is 1. The Morgan fingerprint density at radius 1 is 1.41 bits per heavy atom. The van der Waals surface area contributed by atoms with Crippen molar-refractivity contribution in [2.24, 2.45) is 5.92 Å². The van der Waals surface area contributed by atoms with Crippen LogP contribution in [0.25, 0.3) is 11.4 Å². The van der Waals surface area contributed by atoms with E-state index in [4.69, 9.17) is 9.78 Å². The summed E-state index contributed by atoms with van der Waals surface area (Å²) in [5, 5.41) is 17.4. The summed E-state index contributed by atoms with van der Waals surface area (Å²) in [6.45, 7) is 2.34. The van der Waals surface area contributed by atoms with Crippen LogP contribution in [0.1, 0.15) is 31.2 Å². The maximum Gasteiger partial charge on any atom is 0.252 e. The summed E-state index contributed by atoms with van der Waals surface area (Å²) in [5.41, 5.74) is 1.54. The van der Waals surface area contributed by atoms with Gasteiger partial charge in [0.1, 0.15) is 4.21 Å². The normalized spacial score (nSPS) is 17.1. The molecule has 1 atom stereocenters. The van der Waals surface area contributed by atoms with Crippen molar-refractivity contribution in [3.8, 4) is 17.5 Å². The molecule has 1 aliphatic heterocycles. The van der Waals surface area contributed by atoms with E-state index in [2.05, 4.69) is 15.5 Å². The van der Waals surface area contributed by atoms with E-state index in [0.717, 1.165) is 11.3 Å². The summed E-state index contributed by atoms with van der Waals surface area (Å²) in [5.74, 6) is 0.106. The number of benzene rings is 1. The molecule has 1 aliphatic rings. The van der Waals surface area contributed by atoms with Gasteiger partial charge in [-0.25, -0.2) is 8.42 Å². The van der Waals surface area contributed by atoms with Gasteiger partial charge in [-0.3, -0.25) is 4.79 Å². The highest BCUT2D eigenvalue weighted by Crippen LogP contribution is 2.31. The second kappa shape index (κ2) is 9.20. The highest BCUT2D eigenvalue weighted by atomic mass is 32.2. The Bertz CT molecular complexity index is 1280. The van der Waals surface area contributed by atoms with E-state index in [-0.39, 0.29) is 16.7 Å². The summed E-state index contributed by atoms with van der Waals surface area (Å²) in [6.07, 6.45) is 1.77. The van der Waals surface area contributed by atoms with Crippen LogP contribution in [0.5, 0.6) is 0 Å². The minimum absolute atomic E-state index is 0.0987. The molecule has 0 saturated carbocycles. The van der Waals surface area contributed by atoms with E-state index in [1.165, 1.54) is 4.31 Å². The van der Waals surface area contributed by atoms with Crippen LogP contribution in [-0.4, -0.2) is 41.9 Å². The Labute approximate surface area is 189 Å². The number of thiophene rings is 1. The molecule has 0 aliphatic carbocycles. The van der Waals surface area contributed by atoms with Gasteiger partial charge >= 0.3 is 0 Å². The number of carbonyl (C=O) groups excluding carboxylic acids is 1. The Balaban J connectivity index is 1.47. The van der Waals surface area contributed by atoms with Crippen molar-refractivity contribution >= 4 is 33.0 Å². The van der Waals surface area contributed by atoms with Crippen LogP contribution in [0.15, 0.2) is 44.4 Å². The molecule has 4 rings (SSSR count). The summed E-state index contributed by atoms with van der Waals surface area (Å²) < 4.78 is 33.1. The van der Waals surface area contributed by atoms with Crippen LogP contribution in [-0.2, 0) is 21.2 Å². The number of amides is 1. The molecule has 1 saturated heterocycles. The van der Waals surface area contributed by atoms with Crippen LogP contribution >= 0.6 is 11.3 Å². The lowest BCUT2D eigenvalue weighted by Crippen LogP contribution is -2.43. The van der Waals surface area contributed by atoms with Crippen LogP contribution < -0.4 is 5.32 Å². The first-order chi connectivity index (χ1) is 15.4. The van der Waals surface area contributed by atoms with E-state index < -0.39 is 15.9 Å². The molecule has 0 unspecified atom stereocenters. The number of hydrogen-bond donors (Lipinski definition) is 1. The van der Waals surface area contributed by atoms with Gasteiger partial charge < -0.3 is 9.84 Å². The first-order valence-corrected chi connectivity index (χ1v) is 12.5. The molecule has 0 bridgehead atoms. The number of nitriles is 1. The van der Waals surface area contributed by atoms with Gasteiger partial charge in [0.25, 0.3) is 10.0 Å². The third kappa shape index (κ3) is 4.57.